The molecule has 0 N–H and O–H groups in total. The second-order valence-electron chi connectivity index (χ2n) is 14.3. The molecule has 2 heterocycles. The van der Waals surface area contributed by atoms with Crippen LogP contribution >= 0.6 is 0 Å². The van der Waals surface area contributed by atoms with Crippen LogP contribution in [-0.2, 0) is 5.41 Å². The molecule has 272 valence electrons. The number of hydrogen-bond donors (Lipinski definition) is 0. The van der Waals surface area contributed by atoms with Crippen LogP contribution in [0.5, 0.6) is 11.5 Å². The minimum Gasteiger partial charge on any atom is -0.457 e. The number of nitriles is 1. The first kappa shape index (κ1) is 34.5. The normalized spacial score (nSPS) is 12.4. The van der Waals surface area contributed by atoms with Crippen molar-refractivity contribution < 1.29 is 4.74 Å². The molecule has 1 aliphatic rings. The van der Waals surface area contributed by atoms with E-state index in [0.717, 1.165) is 61.6 Å². The zero-order chi connectivity index (χ0) is 38.9. The number of rotatable bonds is 7. The molecule has 0 spiro atoms. The third-order valence-corrected chi connectivity index (χ3v) is 11.0. The fourth-order valence-corrected chi connectivity index (χ4v) is 8.18. The van der Waals surface area contributed by atoms with Crippen LogP contribution in [0.1, 0.15) is 27.8 Å². The summed E-state index contributed by atoms with van der Waals surface area (Å²) in [7, 11) is 0. The molecule has 9 aromatic rings. The van der Waals surface area contributed by atoms with E-state index in [0.29, 0.717) is 23.0 Å². The number of para-hydroxylation sites is 1. The zero-order valence-corrected chi connectivity index (χ0v) is 31.3. The van der Waals surface area contributed by atoms with E-state index in [2.05, 4.69) is 127 Å². The molecule has 0 fully saturated rings. The molecule has 0 saturated carbocycles. The minimum absolute atomic E-state index is 0.571. The van der Waals surface area contributed by atoms with Gasteiger partial charge in [-0.15, -0.1) is 0 Å². The highest BCUT2D eigenvalue weighted by atomic mass is 16.5. The van der Waals surface area contributed by atoms with Crippen LogP contribution in [0.2, 0.25) is 0 Å². The number of aromatic nitrogens is 3. The van der Waals surface area contributed by atoms with Gasteiger partial charge in [0.05, 0.1) is 17.0 Å². The van der Waals surface area contributed by atoms with Gasteiger partial charge in [-0.05, 0) is 57.6 Å². The van der Waals surface area contributed by atoms with Crippen LogP contribution in [0.25, 0.3) is 56.4 Å². The molecule has 5 heteroatoms. The predicted molar refractivity (Wildman–Crippen MR) is 230 cm³/mol. The first-order valence-corrected chi connectivity index (χ1v) is 19.2. The van der Waals surface area contributed by atoms with Gasteiger partial charge in [-0.2, -0.15) is 5.26 Å². The van der Waals surface area contributed by atoms with Crippen molar-refractivity contribution in [1.29, 1.82) is 5.26 Å². The standard InChI is InChI=1S/C53H34N4O/c54-35-42-16-10-11-21-45(42)37-26-30-40(31-27-37)52-56-50(38-14-4-1-5-15-38)55-51(57-52)39-28-24-36(25-29-39)41-32-33-49-47(34-41)53(43-17-6-2-7-18-43,44-19-8-3-9-20-44)46-22-12-13-23-48(46)58-49/h1-34H. The third kappa shape index (κ3) is 6.01. The number of ether oxygens (including phenoxy) is 1. The fraction of sp³-hybridized carbons (Fsp3) is 0.0189. The quantitative estimate of drug-likeness (QED) is 0.163. The topological polar surface area (TPSA) is 71.7 Å². The summed E-state index contributed by atoms with van der Waals surface area (Å²) in [5.41, 5.74) is 11.2. The van der Waals surface area contributed by atoms with Crippen LogP contribution in [0.15, 0.2) is 206 Å². The van der Waals surface area contributed by atoms with Gasteiger partial charge in [-0.1, -0.05) is 182 Å². The average molecular weight is 743 g/mol. The van der Waals surface area contributed by atoms with Gasteiger partial charge < -0.3 is 4.74 Å². The lowest BCUT2D eigenvalue weighted by atomic mass is 9.63. The van der Waals surface area contributed by atoms with E-state index in [1.165, 1.54) is 11.1 Å². The molecule has 1 aliphatic heterocycles. The van der Waals surface area contributed by atoms with Crippen molar-refractivity contribution in [1.82, 2.24) is 15.0 Å². The lowest BCUT2D eigenvalue weighted by Gasteiger charge is -2.41. The molecule has 0 atom stereocenters. The van der Waals surface area contributed by atoms with E-state index in [1.54, 1.807) is 0 Å². The van der Waals surface area contributed by atoms with E-state index in [4.69, 9.17) is 19.7 Å². The van der Waals surface area contributed by atoms with Crippen molar-refractivity contribution in [2.24, 2.45) is 0 Å². The van der Waals surface area contributed by atoms with E-state index < -0.39 is 5.41 Å². The van der Waals surface area contributed by atoms with Gasteiger partial charge in [0.2, 0.25) is 0 Å². The van der Waals surface area contributed by atoms with Gasteiger partial charge in [0.25, 0.3) is 0 Å². The van der Waals surface area contributed by atoms with Crippen LogP contribution in [0, 0.1) is 11.3 Å². The van der Waals surface area contributed by atoms with Gasteiger partial charge in [-0.25, -0.2) is 15.0 Å². The largest absolute Gasteiger partial charge is 0.457 e. The number of benzene rings is 8. The summed E-state index contributed by atoms with van der Waals surface area (Å²) >= 11 is 0. The Morgan fingerprint density at radius 2 is 0.828 bits per heavy atom. The molecule has 0 radical (unpaired) electrons. The lowest BCUT2D eigenvalue weighted by molar-refractivity contribution is 0.434. The van der Waals surface area contributed by atoms with E-state index in [-0.39, 0.29) is 0 Å². The van der Waals surface area contributed by atoms with Crippen molar-refractivity contribution in [3.63, 3.8) is 0 Å². The van der Waals surface area contributed by atoms with Gasteiger partial charge >= 0.3 is 0 Å². The van der Waals surface area contributed by atoms with Crippen LogP contribution in [0.3, 0.4) is 0 Å². The summed E-state index contributed by atoms with van der Waals surface area (Å²) in [4.78, 5) is 14.9. The maximum absolute atomic E-state index is 9.68. The molecule has 0 amide bonds. The van der Waals surface area contributed by atoms with Crippen molar-refractivity contribution in [2.45, 2.75) is 5.41 Å². The molecule has 0 saturated heterocycles. The average Bonchev–Trinajstić information content (AvgIpc) is 3.31. The highest BCUT2D eigenvalue weighted by Gasteiger charge is 2.45. The van der Waals surface area contributed by atoms with Crippen LogP contribution < -0.4 is 4.74 Å². The van der Waals surface area contributed by atoms with Gasteiger partial charge in [0.1, 0.15) is 11.5 Å². The first-order valence-electron chi connectivity index (χ1n) is 19.2. The molecule has 10 rings (SSSR count). The summed E-state index contributed by atoms with van der Waals surface area (Å²) in [5.74, 6) is 3.43. The van der Waals surface area contributed by atoms with Crippen LogP contribution in [0.4, 0.5) is 0 Å². The lowest BCUT2D eigenvalue weighted by Crippen LogP contribution is -2.34. The van der Waals surface area contributed by atoms with E-state index in [1.807, 2.05) is 84.9 Å². The maximum Gasteiger partial charge on any atom is 0.164 e. The van der Waals surface area contributed by atoms with Gasteiger partial charge in [0, 0.05) is 27.8 Å². The Kier molecular flexibility index (Phi) is 8.70. The summed E-state index contributed by atoms with van der Waals surface area (Å²) in [6.45, 7) is 0. The van der Waals surface area contributed by atoms with E-state index in [9.17, 15) is 5.26 Å². The second-order valence-corrected chi connectivity index (χ2v) is 14.3. The number of fused-ring (bicyclic) bond motifs is 2. The van der Waals surface area contributed by atoms with E-state index >= 15 is 0 Å². The Morgan fingerprint density at radius 3 is 1.43 bits per heavy atom. The summed E-state index contributed by atoms with van der Waals surface area (Å²) < 4.78 is 6.64. The Bertz CT molecular complexity index is 2920. The third-order valence-electron chi connectivity index (χ3n) is 11.0. The smallest absolute Gasteiger partial charge is 0.164 e. The van der Waals surface area contributed by atoms with Gasteiger partial charge in [-0.3, -0.25) is 0 Å². The Balaban J connectivity index is 1.06. The SMILES string of the molecule is N#Cc1ccccc1-c1ccc(-c2nc(-c3ccccc3)nc(-c3ccc(-c4ccc5c(c4)C(c4ccccc4)(c4ccccc4)c4ccccc4O5)cc3)n2)cc1. The molecular formula is C53H34N4O. The number of nitrogens with zero attached hydrogens (tertiary/aromatic N) is 4. The maximum atomic E-state index is 9.68. The molecule has 0 unspecified atom stereocenters. The molecule has 1 aromatic heterocycles. The summed E-state index contributed by atoms with van der Waals surface area (Å²) in [6.07, 6.45) is 0. The van der Waals surface area contributed by atoms with Crippen molar-refractivity contribution in [3.8, 4) is 74.0 Å². The zero-order valence-electron chi connectivity index (χ0n) is 31.3. The molecule has 58 heavy (non-hydrogen) atoms. The predicted octanol–water partition coefficient (Wildman–Crippen LogP) is 12.6. The summed E-state index contributed by atoms with van der Waals surface area (Å²) in [6, 6.07) is 72.7. The second kappa shape index (κ2) is 14.6. The fourth-order valence-electron chi connectivity index (χ4n) is 8.18. The monoisotopic (exact) mass is 742 g/mol. The molecule has 8 aromatic carbocycles. The highest BCUT2D eigenvalue weighted by molar-refractivity contribution is 5.77. The first-order chi connectivity index (χ1) is 28.7. The highest BCUT2D eigenvalue weighted by Crippen LogP contribution is 2.55. The molecule has 5 nitrogen and oxygen atoms in total. The Hall–Kier alpha value is -7.94. The van der Waals surface area contributed by atoms with Crippen LogP contribution in [-0.4, -0.2) is 15.0 Å². The van der Waals surface area contributed by atoms with Gasteiger partial charge in [0.15, 0.2) is 17.5 Å². The molecule has 0 bridgehead atoms. The van der Waals surface area contributed by atoms with Crippen molar-refractivity contribution in [2.75, 3.05) is 0 Å². The van der Waals surface area contributed by atoms with Crippen molar-refractivity contribution in [3.05, 3.63) is 234 Å². The Labute approximate surface area is 337 Å². The van der Waals surface area contributed by atoms with Crippen molar-refractivity contribution >= 4 is 0 Å². The molecular weight excluding hydrogens is 709 g/mol. The molecule has 0 aliphatic carbocycles. The number of hydrogen-bond acceptors (Lipinski definition) is 5. The minimum atomic E-state index is -0.602. The Morgan fingerprint density at radius 1 is 0.379 bits per heavy atom. The summed E-state index contributed by atoms with van der Waals surface area (Å²) in [5, 5.41) is 9.68.